The molecule has 2 heterocycles. The molecule has 1 aromatic carbocycles. The van der Waals surface area contributed by atoms with Gasteiger partial charge in [0.2, 0.25) is 5.92 Å². The molecule has 0 radical (unpaired) electrons. The minimum absolute atomic E-state index is 0.00318. The first-order chi connectivity index (χ1) is 16.8. The maximum absolute atomic E-state index is 14.7. The lowest BCUT2D eigenvalue weighted by Gasteiger charge is -2.29. The van der Waals surface area contributed by atoms with Crippen molar-refractivity contribution in [1.82, 2.24) is 20.3 Å². The van der Waals surface area contributed by atoms with Gasteiger partial charge in [-0.15, -0.1) is 0 Å². The lowest BCUT2D eigenvalue weighted by Crippen LogP contribution is -2.27. The highest BCUT2D eigenvalue weighted by Crippen LogP contribution is 2.42. The normalized spacial score (nSPS) is 15.6. The molecule has 1 aliphatic rings. The van der Waals surface area contributed by atoms with Crippen molar-refractivity contribution >= 4 is 5.91 Å². The summed E-state index contributed by atoms with van der Waals surface area (Å²) in [5, 5.41) is 2.74. The molecule has 0 unspecified atom stereocenters. The van der Waals surface area contributed by atoms with Crippen LogP contribution in [0.25, 0.3) is 11.1 Å². The van der Waals surface area contributed by atoms with E-state index in [0.717, 1.165) is 18.2 Å². The van der Waals surface area contributed by atoms with Gasteiger partial charge in [0.1, 0.15) is 11.6 Å². The summed E-state index contributed by atoms with van der Waals surface area (Å²) in [5.41, 5.74) is 1.46. The van der Waals surface area contributed by atoms with E-state index in [1.807, 2.05) is 0 Å². The van der Waals surface area contributed by atoms with E-state index < -0.39 is 23.5 Å². The number of pyridine rings is 1. The Morgan fingerprint density at radius 1 is 1.09 bits per heavy atom. The Balaban J connectivity index is 1.66. The topological polar surface area (TPSA) is 77.0 Å². The number of rotatable bonds is 7. The summed E-state index contributed by atoms with van der Waals surface area (Å²) in [6, 6.07) is 4.76. The van der Waals surface area contributed by atoms with Gasteiger partial charge < -0.3 is 10.1 Å². The molecule has 0 saturated heterocycles. The van der Waals surface area contributed by atoms with Crippen molar-refractivity contribution in [2.75, 3.05) is 6.61 Å². The van der Waals surface area contributed by atoms with Crippen LogP contribution in [0.15, 0.2) is 42.9 Å². The molecule has 184 valence electrons. The van der Waals surface area contributed by atoms with Gasteiger partial charge in [0, 0.05) is 60.7 Å². The molecule has 2 aromatic heterocycles. The van der Waals surface area contributed by atoms with Crippen LogP contribution in [0.3, 0.4) is 0 Å². The Kier molecular flexibility index (Phi) is 7.28. The highest BCUT2D eigenvalue weighted by Gasteiger charge is 2.37. The zero-order valence-corrected chi connectivity index (χ0v) is 19.0. The number of ether oxygens (including phenoxy) is 1. The van der Waals surface area contributed by atoms with Crippen LogP contribution in [-0.2, 0) is 6.54 Å². The highest BCUT2D eigenvalue weighted by atomic mass is 19.3. The molecular formula is C25H24F4N4O2. The van der Waals surface area contributed by atoms with Crippen molar-refractivity contribution in [3.05, 3.63) is 71.3 Å². The summed E-state index contributed by atoms with van der Waals surface area (Å²) in [6.45, 7) is 2.08. The Morgan fingerprint density at radius 2 is 1.80 bits per heavy atom. The number of benzene rings is 1. The number of carbonyl (C=O) groups is 1. The second kappa shape index (κ2) is 10.4. The summed E-state index contributed by atoms with van der Waals surface area (Å²) >= 11 is 0. The molecule has 0 spiro atoms. The van der Waals surface area contributed by atoms with Crippen molar-refractivity contribution in [1.29, 1.82) is 0 Å². The molecule has 0 bridgehead atoms. The summed E-state index contributed by atoms with van der Waals surface area (Å²) in [4.78, 5) is 25.1. The van der Waals surface area contributed by atoms with Gasteiger partial charge in [-0.05, 0) is 49.6 Å². The van der Waals surface area contributed by atoms with Crippen LogP contribution in [0.4, 0.5) is 17.6 Å². The molecule has 4 rings (SSSR count). The number of nitrogens with one attached hydrogen (secondary N) is 1. The molecule has 1 aliphatic carbocycles. The predicted octanol–water partition coefficient (Wildman–Crippen LogP) is 5.44. The van der Waals surface area contributed by atoms with Gasteiger partial charge in [-0.3, -0.25) is 9.78 Å². The monoisotopic (exact) mass is 488 g/mol. The molecule has 0 atom stereocenters. The van der Waals surface area contributed by atoms with Crippen LogP contribution >= 0.6 is 0 Å². The maximum atomic E-state index is 14.7. The number of hydrogen-bond donors (Lipinski definition) is 1. The van der Waals surface area contributed by atoms with Crippen molar-refractivity contribution in [2.45, 2.75) is 51.0 Å². The predicted molar refractivity (Wildman–Crippen MR) is 120 cm³/mol. The third-order valence-electron chi connectivity index (χ3n) is 6.00. The van der Waals surface area contributed by atoms with Crippen LogP contribution in [-0.4, -0.2) is 33.4 Å². The largest absolute Gasteiger partial charge is 0.464 e. The molecule has 0 aliphatic heterocycles. The summed E-state index contributed by atoms with van der Waals surface area (Å²) < 4.78 is 61.3. The molecule has 3 aromatic rings. The van der Waals surface area contributed by atoms with Gasteiger partial charge in [-0.1, -0.05) is 0 Å². The number of nitrogens with zero attached hydrogens (tertiary/aromatic N) is 3. The fourth-order valence-electron chi connectivity index (χ4n) is 4.22. The zero-order valence-electron chi connectivity index (χ0n) is 19.0. The second-order valence-electron chi connectivity index (χ2n) is 8.35. The Hall–Kier alpha value is -3.56. The van der Waals surface area contributed by atoms with Gasteiger partial charge in [0.15, 0.2) is 0 Å². The zero-order chi connectivity index (χ0) is 25.0. The molecule has 35 heavy (non-hydrogen) atoms. The van der Waals surface area contributed by atoms with E-state index in [4.69, 9.17) is 4.74 Å². The van der Waals surface area contributed by atoms with E-state index in [1.165, 1.54) is 24.7 Å². The van der Waals surface area contributed by atoms with Crippen LogP contribution in [0, 0.1) is 11.6 Å². The average Bonchev–Trinajstić information content (AvgIpc) is 2.84. The van der Waals surface area contributed by atoms with E-state index in [2.05, 4.69) is 20.3 Å². The van der Waals surface area contributed by atoms with Crippen molar-refractivity contribution in [3.8, 4) is 17.1 Å². The first-order valence-corrected chi connectivity index (χ1v) is 11.3. The van der Waals surface area contributed by atoms with Gasteiger partial charge >= 0.3 is 6.01 Å². The minimum atomic E-state index is -2.73. The van der Waals surface area contributed by atoms with Crippen molar-refractivity contribution in [3.63, 3.8) is 0 Å². The second-order valence-corrected chi connectivity index (χ2v) is 8.35. The SMILES string of the molecule is CCOc1ncc(C(=O)NCc2c(-c3cc(F)ccc3F)ccnc2C2CCC(F)(F)CC2)cn1. The molecular weight excluding hydrogens is 464 g/mol. The van der Waals surface area contributed by atoms with Crippen LogP contribution in [0.2, 0.25) is 0 Å². The van der Waals surface area contributed by atoms with Crippen LogP contribution < -0.4 is 10.1 Å². The molecule has 1 N–H and O–H groups in total. The average molecular weight is 488 g/mol. The van der Waals surface area contributed by atoms with E-state index >= 15 is 0 Å². The molecule has 1 saturated carbocycles. The molecule has 6 nitrogen and oxygen atoms in total. The quantitative estimate of drug-likeness (QED) is 0.449. The summed E-state index contributed by atoms with van der Waals surface area (Å²) in [6.07, 6.45) is 3.90. The smallest absolute Gasteiger partial charge is 0.316 e. The number of aromatic nitrogens is 3. The van der Waals surface area contributed by atoms with E-state index in [0.29, 0.717) is 23.4 Å². The first-order valence-electron chi connectivity index (χ1n) is 11.3. The van der Waals surface area contributed by atoms with Crippen LogP contribution in [0.5, 0.6) is 6.01 Å². The standard InChI is InChI=1S/C25H24F4N4O2/c1-2-35-24-32-12-16(13-33-24)23(34)31-14-20-18(19-11-17(26)3-4-21(19)27)7-10-30-22(20)15-5-8-25(28,29)9-6-15/h3-4,7,10-13,15H,2,5-6,8-9,14H2,1H3,(H,31,34). The fraction of sp³-hybridized carbons (Fsp3) is 0.360. The number of halogens is 4. The molecule has 10 heteroatoms. The Bertz CT molecular complexity index is 1190. The third kappa shape index (κ3) is 5.75. The summed E-state index contributed by atoms with van der Waals surface area (Å²) in [7, 11) is 0. The fourth-order valence-corrected chi connectivity index (χ4v) is 4.22. The molecule has 1 fully saturated rings. The van der Waals surface area contributed by atoms with E-state index in [-0.39, 0.29) is 55.3 Å². The van der Waals surface area contributed by atoms with Gasteiger partial charge in [-0.2, -0.15) is 0 Å². The number of hydrogen-bond acceptors (Lipinski definition) is 5. The van der Waals surface area contributed by atoms with Crippen molar-refractivity contribution < 1.29 is 27.1 Å². The van der Waals surface area contributed by atoms with Gasteiger partial charge in [0.05, 0.1) is 12.2 Å². The molecule has 1 amide bonds. The lowest BCUT2D eigenvalue weighted by atomic mass is 9.81. The lowest BCUT2D eigenvalue weighted by molar-refractivity contribution is -0.0385. The Morgan fingerprint density at radius 3 is 2.49 bits per heavy atom. The maximum Gasteiger partial charge on any atom is 0.316 e. The number of carbonyl (C=O) groups excluding carboxylic acids is 1. The summed E-state index contributed by atoms with van der Waals surface area (Å²) in [5.74, 6) is -4.80. The number of amides is 1. The van der Waals surface area contributed by atoms with Crippen LogP contribution in [0.1, 0.15) is 60.1 Å². The van der Waals surface area contributed by atoms with E-state index in [1.54, 1.807) is 6.92 Å². The van der Waals surface area contributed by atoms with E-state index in [9.17, 15) is 22.4 Å². The number of alkyl halides is 2. The van der Waals surface area contributed by atoms with Crippen molar-refractivity contribution in [2.24, 2.45) is 0 Å². The third-order valence-corrected chi connectivity index (χ3v) is 6.00. The Labute approximate surface area is 199 Å². The van der Waals surface area contributed by atoms with Gasteiger partial charge in [-0.25, -0.2) is 27.5 Å². The first kappa shape index (κ1) is 24.6. The minimum Gasteiger partial charge on any atom is -0.464 e. The van der Waals surface area contributed by atoms with Gasteiger partial charge in [0.25, 0.3) is 5.91 Å². The highest BCUT2D eigenvalue weighted by molar-refractivity contribution is 5.93.